The van der Waals surface area contributed by atoms with Crippen LogP contribution >= 0.6 is 11.6 Å². The number of carbonyl (C=O) groups excluding carboxylic acids is 1. The van der Waals surface area contributed by atoms with Crippen LogP contribution in [0.3, 0.4) is 0 Å². The number of carbonyl (C=O) groups is 1. The van der Waals surface area contributed by atoms with Crippen molar-refractivity contribution in [1.29, 1.82) is 0 Å². The van der Waals surface area contributed by atoms with Crippen LogP contribution in [0.2, 0.25) is 5.02 Å². The number of ether oxygens (including phenoxy) is 1. The van der Waals surface area contributed by atoms with E-state index in [1.807, 2.05) is 49.4 Å². The highest BCUT2D eigenvalue weighted by atomic mass is 35.5. The van der Waals surface area contributed by atoms with Gasteiger partial charge in [-0.25, -0.2) is 4.98 Å². The monoisotopic (exact) mass is 528 g/mol. The van der Waals surface area contributed by atoms with Crippen molar-refractivity contribution in [3.63, 3.8) is 0 Å². The summed E-state index contributed by atoms with van der Waals surface area (Å²) in [5.41, 5.74) is 3.02. The van der Waals surface area contributed by atoms with Crippen LogP contribution in [-0.4, -0.2) is 28.4 Å². The molecular formula is C30H29ClN4O3. The summed E-state index contributed by atoms with van der Waals surface area (Å²) < 4.78 is 7.06. The number of hydrogen-bond acceptors (Lipinski definition) is 5. The molecule has 1 aliphatic rings. The van der Waals surface area contributed by atoms with Crippen LogP contribution in [0.15, 0.2) is 76.6 Å². The molecule has 1 aliphatic carbocycles. The van der Waals surface area contributed by atoms with Gasteiger partial charge in [0.2, 0.25) is 0 Å². The Balaban J connectivity index is 1.33. The van der Waals surface area contributed by atoms with Gasteiger partial charge in [-0.1, -0.05) is 60.7 Å². The molecule has 3 aromatic carbocycles. The molecule has 0 radical (unpaired) electrons. The van der Waals surface area contributed by atoms with Gasteiger partial charge in [0, 0.05) is 11.6 Å². The third-order valence-electron chi connectivity index (χ3n) is 6.72. The molecule has 0 atom stereocenters. The number of anilines is 1. The molecule has 1 heterocycles. The average molecular weight is 529 g/mol. The van der Waals surface area contributed by atoms with Crippen molar-refractivity contribution >= 4 is 40.3 Å². The lowest BCUT2D eigenvalue weighted by Gasteiger charge is -2.22. The van der Waals surface area contributed by atoms with E-state index in [1.165, 1.54) is 11.1 Å². The fourth-order valence-electron chi connectivity index (χ4n) is 4.69. The molecule has 0 bridgehead atoms. The van der Waals surface area contributed by atoms with E-state index < -0.39 is 0 Å². The number of fused-ring (bicyclic) bond motifs is 1. The number of halogens is 1. The van der Waals surface area contributed by atoms with Gasteiger partial charge < -0.3 is 10.1 Å². The minimum absolute atomic E-state index is 0.177. The van der Waals surface area contributed by atoms with Crippen LogP contribution in [0.25, 0.3) is 10.9 Å². The lowest BCUT2D eigenvalue weighted by atomic mass is 9.88. The molecule has 1 saturated carbocycles. The second kappa shape index (κ2) is 11.6. The number of amides is 1. The highest BCUT2D eigenvalue weighted by Gasteiger charge is 2.22. The van der Waals surface area contributed by atoms with Crippen molar-refractivity contribution in [3.05, 3.63) is 99.1 Å². The van der Waals surface area contributed by atoms with Crippen LogP contribution in [-0.2, 0) is 4.79 Å². The van der Waals surface area contributed by atoms with Crippen LogP contribution in [0.5, 0.6) is 5.75 Å². The number of aromatic nitrogens is 2. The van der Waals surface area contributed by atoms with Crippen LogP contribution < -0.4 is 15.6 Å². The van der Waals surface area contributed by atoms with Gasteiger partial charge in [-0.3, -0.25) is 9.59 Å². The van der Waals surface area contributed by atoms with Crippen LogP contribution in [0.4, 0.5) is 5.69 Å². The summed E-state index contributed by atoms with van der Waals surface area (Å²) in [5.74, 6) is 1.00. The maximum atomic E-state index is 13.4. The van der Waals surface area contributed by atoms with Gasteiger partial charge in [-0.15, -0.1) is 0 Å². The number of rotatable bonds is 7. The predicted molar refractivity (Wildman–Crippen MR) is 152 cm³/mol. The van der Waals surface area contributed by atoms with Gasteiger partial charge in [0.25, 0.3) is 11.5 Å². The van der Waals surface area contributed by atoms with E-state index in [0.717, 1.165) is 31.2 Å². The normalized spacial score (nSPS) is 14.2. The van der Waals surface area contributed by atoms with Gasteiger partial charge in [0.1, 0.15) is 11.6 Å². The Morgan fingerprint density at radius 2 is 1.87 bits per heavy atom. The lowest BCUT2D eigenvalue weighted by Crippen LogP contribution is -2.25. The minimum Gasteiger partial charge on any atom is -0.482 e. The summed E-state index contributed by atoms with van der Waals surface area (Å²) in [7, 11) is 0. The molecule has 0 aliphatic heterocycles. The Bertz CT molecular complexity index is 1540. The molecule has 0 saturated heterocycles. The highest BCUT2D eigenvalue weighted by molar-refractivity contribution is 6.32. The van der Waals surface area contributed by atoms with Crippen LogP contribution in [0.1, 0.15) is 55.0 Å². The molecule has 194 valence electrons. The van der Waals surface area contributed by atoms with E-state index >= 15 is 0 Å². The fraction of sp³-hybridized carbons (Fsp3) is 0.267. The summed E-state index contributed by atoms with van der Waals surface area (Å²) in [6, 6.07) is 20.1. The number of hydrogen-bond donors (Lipinski definition) is 1. The number of aryl methyl sites for hydroxylation is 1. The number of nitrogens with zero attached hydrogens (tertiary/aromatic N) is 3. The molecule has 7 nitrogen and oxygen atoms in total. The molecule has 1 aromatic heterocycles. The smallest absolute Gasteiger partial charge is 0.282 e. The summed E-state index contributed by atoms with van der Waals surface area (Å²) >= 11 is 6.44. The number of benzene rings is 3. The van der Waals surface area contributed by atoms with Gasteiger partial charge in [-0.2, -0.15) is 9.78 Å². The number of para-hydroxylation sites is 1. The van der Waals surface area contributed by atoms with E-state index in [2.05, 4.69) is 10.4 Å². The SMILES string of the molecule is Cc1ccc(NC(=O)COc2ccc(C=Nn3c(C4CCCCC4)nc4ccccc4c3=O)cc2Cl)cc1. The Morgan fingerprint density at radius 3 is 2.63 bits per heavy atom. The Morgan fingerprint density at radius 1 is 1.11 bits per heavy atom. The topological polar surface area (TPSA) is 85.6 Å². The zero-order chi connectivity index (χ0) is 26.5. The quantitative estimate of drug-likeness (QED) is 0.285. The maximum absolute atomic E-state index is 13.4. The minimum atomic E-state index is -0.283. The van der Waals surface area contributed by atoms with Crippen molar-refractivity contribution < 1.29 is 9.53 Å². The first kappa shape index (κ1) is 25.7. The molecule has 1 fully saturated rings. The second-order valence-electron chi connectivity index (χ2n) is 9.58. The molecule has 38 heavy (non-hydrogen) atoms. The first-order valence-corrected chi connectivity index (χ1v) is 13.2. The zero-order valence-electron chi connectivity index (χ0n) is 21.2. The highest BCUT2D eigenvalue weighted by Crippen LogP contribution is 2.32. The van der Waals surface area contributed by atoms with Crippen molar-refractivity contribution in [3.8, 4) is 5.75 Å². The van der Waals surface area contributed by atoms with Crippen molar-refractivity contribution in [2.45, 2.75) is 44.9 Å². The van der Waals surface area contributed by atoms with E-state index in [4.69, 9.17) is 21.3 Å². The first-order chi connectivity index (χ1) is 18.5. The third-order valence-corrected chi connectivity index (χ3v) is 7.02. The van der Waals surface area contributed by atoms with Gasteiger partial charge >= 0.3 is 0 Å². The standard InChI is InChI=1S/C30H29ClN4O3/c1-20-11-14-23(15-12-20)33-28(36)19-38-27-16-13-21(17-25(27)31)18-32-35-29(22-7-3-2-4-8-22)34-26-10-6-5-9-24(26)30(35)37/h5-6,9-18,22H,2-4,7-8,19H2,1H3,(H,33,36). The summed E-state index contributed by atoms with van der Waals surface area (Å²) in [6.45, 7) is 1.81. The lowest BCUT2D eigenvalue weighted by molar-refractivity contribution is -0.118. The Labute approximate surface area is 226 Å². The molecule has 4 aromatic rings. The molecule has 1 N–H and O–H groups in total. The van der Waals surface area contributed by atoms with E-state index in [1.54, 1.807) is 30.5 Å². The third kappa shape index (κ3) is 5.94. The summed E-state index contributed by atoms with van der Waals surface area (Å²) in [5, 5.41) is 8.22. The Hall–Kier alpha value is -3.97. The zero-order valence-corrected chi connectivity index (χ0v) is 21.9. The molecule has 0 unspecified atom stereocenters. The molecule has 1 amide bonds. The van der Waals surface area contributed by atoms with E-state index in [0.29, 0.717) is 38.8 Å². The average Bonchev–Trinajstić information content (AvgIpc) is 2.94. The summed E-state index contributed by atoms with van der Waals surface area (Å²) in [4.78, 5) is 30.5. The van der Waals surface area contributed by atoms with E-state index in [-0.39, 0.29) is 24.0 Å². The van der Waals surface area contributed by atoms with Crippen molar-refractivity contribution in [2.75, 3.05) is 11.9 Å². The van der Waals surface area contributed by atoms with Crippen LogP contribution in [0, 0.1) is 6.92 Å². The van der Waals surface area contributed by atoms with Crippen molar-refractivity contribution in [1.82, 2.24) is 9.66 Å². The molecule has 0 spiro atoms. The fourth-order valence-corrected chi connectivity index (χ4v) is 4.94. The van der Waals surface area contributed by atoms with Gasteiger partial charge in [0.05, 0.1) is 22.1 Å². The summed E-state index contributed by atoms with van der Waals surface area (Å²) in [6.07, 6.45) is 7.04. The van der Waals surface area contributed by atoms with Crippen molar-refractivity contribution in [2.24, 2.45) is 5.10 Å². The molecule has 8 heteroatoms. The number of nitrogens with one attached hydrogen (secondary N) is 1. The second-order valence-corrected chi connectivity index (χ2v) is 9.98. The predicted octanol–water partition coefficient (Wildman–Crippen LogP) is 6.31. The largest absolute Gasteiger partial charge is 0.482 e. The molecular weight excluding hydrogens is 500 g/mol. The first-order valence-electron chi connectivity index (χ1n) is 12.8. The van der Waals surface area contributed by atoms with Gasteiger partial charge in [-0.05, 0) is 67.8 Å². The molecule has 5 rings (SSSR count). The van der Waals surface area contributed by atoms with E-state index in [9.17, 15) is 9.59 Å². The Kier molecular flexibility index (Phi) is 7.84. The maximum Gasteiger partial charge on any atom is 0.282 e. The van der Waals surface area contributed by atoms with Gasteiger partial charge in [0.15, 0.2) is 6.61 Å².